The predicted octanol–water partition coefficient (Wildman–Crippen LogP) is 2.70. The van der Waals surface area contributed by atoms with E-state index in [9.17, 15) is 0 Å². The first kappa shape index (κ1) is 14.6. The first-order valence-corrected chi connectivity index (χ1v) is 6.90. The molecule has 1 atom stereocenters. The molecule has 2 N–H and O–H groups in total. The second-order valence-corrected chi connectivity index (χ2v) is 4.67. The van der Waals surface area contributed by atoms with Crippen LogP contribution in [-0.4, -0.2) is 31.4 Å². The molecule has 0 aliphatic rings. The van der Waals surface area contributed by atoms with E-state index < -0.39 is 0 Å². The number of hydrogen-bond donors (Lipinski definition) is 2. The van der Waals surface area contributed by atoms with Crippen LogP contribution in [0.4, 0.5) is 0 Å². The van der Waals surface area contributed by atoms with Gasteiger partial charge in [-0.3, -0.25) is 0 Å². The number of rotatable bonds is 7. The Balaban J connectivity index is 2.12. The van der Waals surface area contributed by atoms with Crippen LogP contribution in [0.15, 0.2) is 54.6 Å². The molecule has 0 bridgehead atoms. The Bertz CT molecular complexity index is 513. The van der Waals surface area contributed by atoms with Gasteiger partial charge in [-0.15, -0.1) is 0 Å². The third kappa shape index (κ3) is 3.83. The Morgan fingerprint density at radius 1 is 1.05 bits per heavy atom. The molecule has 0 heterocycles. The maximum absolute atomic E-state index is 9.00. The number of likely N-dealkylation sites (N-methyl/N-ethyl adjacent to an activating group) is 1. The van der Waals surface area contributed by atoms with Crippen LogP contribution in [0.1, 0.15) is 6.42 Å². The van der Waals surface area contributed by atoms with Gasteiger partial charge in [0.1, 0.15) is 12.4 Å². The molecule has 0 amide bonds. The lowest BCUT2D eigenvalue weighted by atomic mass is 10.0. The summed E-state index contributed by atoms with van der Waals surface area (Å²) >= 11 is 0. The van der Waals surface area contributed by atoms with E-state index in [0.717, 1.165) is 16.9 Å². The molecule has 2 aromatic carbocycles. The highest BCUT2D eigenvalue weighted by molar-refractivity contribution is 5.70. The van der Waals surface area contributed by atoms with Crippen molar-refractivity contribution in [2.45, 2.75) is 12.5 Å². The molecular formula is C17H21NO2. The number of benzene rings is 2. The molecule has 3 nitrogen and oxygen atoms in total. The van der Waals surface area contributed by atoms with Gasteiger partial charge in [0.2, 0.25) is 0 Å². The lowest BCUT2D eigenvalue weighted by Crippen LogP contribution is -2.32. The Morgan fingerprint density at radius 3 is 2.45 bits per heavy atom. The Labute approximate surface area is 120 Å². The van der Waals surface area contributed by atoms with E-state index in [2.05, 4.69) is 23.5 Å². The molecule has 0 fully saturated rings. The Hall–Kier alpha value is -1.84. The number of ether oxygens (including phenoxy) is 1. The lowest BCUT2D eigenvalue weighted by molar-refractivity contribution is 0.219. The van der Waals surface area contributed by atoms with Gasteiger partial charge in [0, 0.05) is 18.2 Å². The Morgan fingerprint density at radius 2 is 1.75 bits per heavy atom. The summed E-state index contributed by atoms with van der Waals surface area (Å²) in [4.78, 5) is 0. The molecule has 2 aromatic rings. The summed E-state index contributed by atoms with van der Waals surface area (Å²) in [6.45, 7) is 0.704. The van der Waals surface area contributed by atoms with Crippen molar-refractivity contribution >= 4 is 0 Å². The molecule has 2 rings (SSSR count). The van der Waals surface area contributed by atoms with Crippen molar-refractivity contribution in [3.05, 3.63) is 54.6 Å². The molecule has 0 saturated carbocycles. The van der Waals surface area contributed by atoms with Crippen molar-refractivity contribution in [2.24, 2.45) is 0 Å². The van der Waals surface area contributed by atoms with Crippen LogP contribution >= 0.6 is 0 Å². The molecule has 0 aromatic heterocycles. The number of hydrogen-bond acceptors (Lipinski definition) is 3. The lowest BCUT2D eigenvalue weighted by Gasteiger charge is -2.17. The number of aliphatic hydroxyl groups is 1. The van der Waals surface area contributed by atoms with Gasteiger partial charge in [0.05, 0.1) is 0 Å². The van der Waals surface area contributed by atoms with E-state index in [4.69, 9.17) is 9.84 Å². The average molecular weight is 271 g/mol. The van der Waals surface area contributed by atoms with Crippen LogP contribution in [0.5, 0.6) is 5.75 Å². The minimum Gasteiger partial charge on any atom is -0.491 e. The highest BCUT2D eigenvalue weighted by Crippen LogP contribution is 2.29. The quantitative estimate of drug-likeness (QED) is 0.813. The normalized spacial score (nSPS) is 12.1. The summed E-state index contributed by atoms with van der Waals surface area (Å²) in [5, 5.41) is 12.1. The second-order valence-electron chi connectivity index (χ2n) is 4.67. The van der Waals surface area contributed by atoms with Crippen molar-refractivity contribution in [3.63, 3.8) is 0 Å². The molecule has 0 spiro atoms. The van der Waals surface area contributed by atoms with Crippen molar-refractivity contribution in [3.8, 4) is 16.9 Å². The van der Waals surface area contributed by atoms with E-state index >= 15 is 0 Å². The van der Waals surface area contributed by atoms with Crippen molar-refractivity contribution < 1.29 is 9.84 Å². The van der Waals surface area contributed by atoms with Crippen LogP contribution < -0.4 is 10.1 Å². The van der Waals surface area contributed by atoms with Crippen molar-refractivity contribution in [2.75, 3.05) is 20.3 Å². The summed E-state index contributed by atoms with van der Waals surface area (Å²) in [5.41, 5.74) is 2.23. The largest absolute Gasteiger partial charge is 0.491 e. The maximum atomic E-state index is 9.00. The first-order valence-electron chi connectivity index (χ1n) is 6.90. The monoisotopic (exact) mass is 271 g/mol. The van der Waals surface area contributed by atoms with Crippen molar-refractivity contribution in [1.29, 1.82) is 0 Å². The highest BCUT2D eigenvalue weighted by atomic mass is 16.5. The predicted molar refractivity (Wildman–Crippen MR) is 81.9 cm³/mol. The molecule has 0 saturated heterocycles. The van der Waals surface area contributed by atoms with E-state index in [1.807, 2.05) is 43.4 Å². The third-order valence-corrected chi connectivity index (χ3v) is 3.30. The number of nitrogens with one attached hydrogen (secondary N) is 1. The summed E-state index contributed by atoms with van der Waals surface area (Å²) < 4.78 is 5.92. The molecule has 20 heavy (non-hydrogen) atoms. The summed E-state index contributed by atoms with van der Waals surface area (Å²) in [6, 6.07) is 18.4. The number of aliphatic hydroxyl groups excluding tert-OH is 1. The molecule has 0 radical (unpaired) electrons. The molecule has 0 aliphatic carbocycles. The molecular weight excluding hydrogens is 250 g/mol. The van der Waals surface area contributed by atoms with Gasteiger partial charge in [0.15, 0.2) is 0 Å². The smallest absolute Gasteiger partial charge is 0.127 e. The van der Waals surface area contributed by atoms with Crippen LogP contribution in [0.25, 0.3) is 11.1 Å². The van der Waals surface area contributed by atoms with Crippen LogP contribution in [-0.2, 0) is 0 Å². The molecule has 0 aliphatic heterocycles. The zero-order chi connectivity index (χ0) is 14.2. The highest BCUT2D eigenvalue weighted by Gasteiger charge is 2.09. The SMILES string of the molecule is CNC(CCO)COc1ccccc1-c1ccccc1. The minimum absolute atomic E-state index is 0.156. The zero-order valence-corrected chi connectivity index (χ0v) is 11.8. The van der Waals surface area contributed by atoms with E-state index in [-0.39, 0.29) is 12.6 Å². The maximum Gasteiger partial charge on any atom is 0.127 e. The number of para-hydroxylation sites is 1. The standard InChI is InChI=1S/C17H21NO2/c1-18-15(11-12-19)13-20-17-10-6-5-9-16(17)14-7-3-2-4-8-14/h2-10,15,18-19H,11-13H2,1H3. The zero-order valence-electron chi connectivity index (χ0n) is 11.8. The topological polar surface area (TPSA) is 41.5 Å². The van der Waals surface area contributed by atoms with E-state index in [1.165, 1.54) is 0 Å². The second kappa shape index (κ2) is 7.68. The van der Waals surface area contributed by atoms with E-state index in [0.29, 0.717) is 13.0 Å². The fourth-order valence-corrected chi connectivity index (χ4v) is 2.11. The third-order valence-electron chi connectivity index (χ3n) is 3.30. The van der Waals surface area contributed by atoms with Gasteiger partial charge < -0.3 is 15.2 Å². The van der Waals surface area contributed by atoms with Gasteiger partial charge in [-0.1, -0.05) is 48.5 Å². The molecule has 3 heteroatoms. The minimum atomic E-state index is 0.156. The molecule has 106 valence electrons. The summed E-state index contributed by atoms with van der Waals surface area (Å²) in [5.74, 6) is 0.872. The fraction of sp³-hybridized carbons (Fsp3) is 0.294. The van der Waals surface area contributed by atoms with Gasteiger partial charge in [-0.05, 0) is 25.1 Å². The van der Waals surface area contributed by atoms with Gasteiger partial charge in [0.25, 0.3) is 0 Å². The summed E-state index contributed by atoms with van der Waals surface area (Å²) in [6.07, 6.45) is 0.685. The van der Waals surface area contributed by atoms with Crippen molar-refractivity contribution in [1.82, 2.24) is 5.32 Å². The van der Waals surface area contributed by atoms with E-state index in [1.54, 1.807) is 0 Å². The molecule has 1 unspecified atom stereocenters. The first-order chi connectivity index (χ1) is 9.85. The van der Waals surface area contributed by atoms with Gasteiger partial charge in [-0.25, -0.2) is 0 Å². The fourth-order valence-electron chi connectivity index (χ4n) is 2.11. The Kier molecular flexibility index (Phi) is 5.59. The van der Waals surface area contributed by atoms with Crippen LogP contribution in [0, 0.1) is 0 Å². The van der Waals surface area contributed by atoms with Crippen LogP contribution in [0.3, 0.4) is 0 Å². The van der Waals surface area contributed by atoms with Gasteiger partial charge in [-0.2, -0.15) is 0 Å². The van der Waals surface area contributed by atoms with Crippen LogP contribution in [0.2, 0.25) is 0 Å². The average Bonchev–Trinajstić information content (AvgIpc) is 2.52. The summed E-state index contributed by atoms with van der Waals surface area (Å²) in [7, 11) is 1.88. The van der Waals surface area contributed by atoms with Gasteiger partial charge >= 0.3 is 0 Å².